The van der Waals surface area contributed by atoms with Crippen LogP contribution in [0.25, 0.3) is 0 Å². The summed E-state index contributed by atoms with van der Waals surface area (Å²) >= 11 is 1.23. The number of nitrogens with one attached hydrogen (secondary N) is 7. The molecule has 1 aromatic heterocycles. The third-order valence-electron chi connectivity index (χ3n) is 16.0. The first kappa shape index (κ1) is 81.3. The van der Waals surface area contributed by atoms with E-state index < -0.39 is 109 Å². The van der Waals surface area contributed by atoms with E-state index in [1.54, 1.807) is 36.4 Å². The lowest BCUT2D eigenvalue weighted by atomic mass is 9.92. The maximum absolute atomic E-state index is 15.0. The predicted octanol–water partition coefficient (Wildman–Crippen LogP) is 4.62. The normalized spacial score (nSPS) is 16.0. The molecule has 0 spiro atoms. The molecule has 2 aromatic rings. The van der Waals surface area contributed by atoms with Crippen molar-refractivity contribution >= 4 is 105 Å². The van der Waals surface area contributed by atoms with Gasteiger partial charge in [-0.15, -0.1) is 11.3 Å². The number of hydrazine groups is 1. The minimum Gasteiger partial charge on any atom is -0.508 e. The number of carbonyl (C=O) groups is 12. The number of aromatic hydroxyl groups is 1. The molecule has 2 heterocycles. The zero-order chi connectivity index (χ0) is 69.7. The fraction of sp³-hybridized carbons (Fsp3) is 0.667. The van der Waals surface area contributed by atoms with Gasteiger partial charge in [0.05, 0.1) is 6.04 Å². The number of carboxylic acids is 1. The Bertz CT molecular complexity index is 2750. The Hall–Kier alpha value is -6.93. The number of nitrogens with two attached hydrogens (primary N) is 1. The van der Waals surface area contributed by atoms with Crippen molar-refractivity contribution in [3.63, 3.8) is 0 Å². The highest BCUT2D eigenvalue weighted by Gasteiger charge is 2.39. The fourth-order valence-corrected chi connectivity index (χ4v) is 12.9. The van der Waals surface area contributed by atoms with E-state index in [1.165, 1.54) is 45.1 Å². The number of unbranched alkanes of at least 4 members (excludes halogenated alkanes) is 2. The highest BCUT2D eigenvalue weighted by atomic mass is 33.1. The Morgan fingerprint density at radius 2 is 1.47 bits per heavy atom. The van der Waals surface area contributed by atoms with Crippen molar-refractivity contribution < 1.29 is 82.0 Å². The number of hydrogen-bond acceptors (Lipinski definition) is 21. The highest BCUT2D eigenvalue weighted by molar-refractivity contribution is 8.76. The number of aromatic nitrogens is 1. The van der Waals surface area contributed by atoms with Gasteiger partial charge < -0.3 is 71.2 Å². The van der Waals surface area contributed by atoms with Gasteiger partial charge in [0, 0.05) is 80.7 Å². The molecular formula is C63H99N11O17S3. The fourth-order valence-electron chi connectivity index (χ4n) is 10.2. The second-order valence-electron chi connectivity index (χ2n) is 23.6. The van der Waals surface area contributed by atoms with Crippen LogP contribution in [0.4, 0.5) is 4.79 Å². The average Bonchev–Trinajstić information content (AvgIpc) is 1.06. The summed E-state index contributed by atoms with van der Waals surface area (Å²) in [7, 11) is 5.98. The first-order valence-electron chi connectivity index (χ1n) is 32.1. The molecule has 31 heteroatoms. The number of hydrogen-bond donors (Lipinski definition) is 10. The molecule has 526 valence electrons. The molecule has 0 aliphatic carbocycles. The number of likely N-dealkylation sites (tertiary alicyclic amines) is 1. The van der Waals surface area contributed by atoms with Gasteiger partial charge in [-0.05, 0) is 94.5 Å². The van der Waals surface area contributed by atoms with Crippen LogP contribution in [0.2, 0.25) is 0 Å². The molecule has 1 fully saturated rings. The third kappa shape index (κ3) is 29.8. The number of likely N-dealkylation sites (N-methyl/N-ethyl adjacent to an activating group) is 1. The van der Waals surface area contributed by atoms with E-state index in [0.29, 0.717) is 43.4 Å². The second kappa shape index (κ2) is 44.7. The molecule has 3 rings (SSSR count). The first-order valence-corrected chi connectivity index (χ1v) is 35.5. The molecule has 4 unspecified atom stereocenters. The van der Waals surface area contributed by atoms with E-state index >= 15 is 0 Å². The Labute approximate surface area is 562 Å². The SMILES string of the molecule is CCCCCOCN(C(=O)[C@@H](NC(=O)[C@H]1CCCCN1C)C(C)CC)[C@H](C[C@@H](OC)c1nc(C(=O)N[C@@H](Cc2ccc(O)cc2)C[C@H](C)C(=O)NNC(=O)OCCSSCCC(=O)NC(CCC=O)C(=O)NC(CCC(=O)O)C(=O)NC(CCC=O)C(N)=O)cs1)C(C)C. The van der Waals surface area contributed by atoms with Crippen molar-refractivity contribution in [2.45, 2.75) is 199 Å². The molecule has 0 bridgehead atoms. The van der Waals surface area contributed by atoms with Gasteiger partial charge >= 0.3 is 12.1 Å². The standard InChI is InChI=1S/C63H99N11O17S3/c1-9-11-14-30-90-38-74(62(87)54(40(5)10-2)70-60(86)49-19-12-13-27-73(49)7)50(39(3)4)36-51(89-8)61-69-48(37-92-61)59(85)65-43(35-42-20-22-44(77)23-21-42)34-41(6)56(82)71-72-63(88)91-31-33-94-93-32-26-52(78)66-46(18-16-29-76)57(83)68-47(24-25-53(79)80)58(84)67-45(55(64)81)17-15-28-75/h20-23,28-29,37,39-41,43,45-47,49-51,54,77H,9-19,24-27,30-36,38H2,1-8H3,(H2,64,81)(H,65,85)(H,66,78)(H,67,84)(H,68,83)(H,70,86)(H,71,82)(H,72,88)(H,79,80)/t40?,41-,43+,45?,46?,47?,49+,50+,51+,54-/m0/s1. The maximum atomic E-state index is 15.0. The van der Waals surface area contributed by atoms with Crippen LogP contribution in [-0.2, 0) is 68.6 Å². The number of aldehydes is 2. The highest BCUT2D eigenvalue weighted by Crippen LogP contribution is 2.32. The third-order valence-corrected chi connectivity index (χ3v) is 19.3. The number of thiazole rings is 1. The van der Waals surface area contributed by atoms with Gasteiger partial charge in [0.1, 0.15) is 72.6 Å². The summed E-state index contributed by atoms with van der Waals surface area (Å²) in [5.41, 5.74) is 10.8. The summed E-state index contributed by atoms with van der Waals surface area (Å²) < 4.78 is 17.5. The minimum atomic E-state index is -1.48. The molecule has 28 nitrogen and oxygen atoms in total. The van der Waals surface area contributed by atoms with Crippen molar-refractivity contribution in [2.24, 2.45) is 23.5 Å². The molecule has 11 N–H and O–H groups in total. The summed E-state index contributed by atoms with van der Waals surface area (Å²) in [5.74, 6) is -6.73. The van der Waals surface area contributed by atoms with E-state index in [4.69, 9.17) is 24.9 Å². The summed E-state index contributed by atoms with van der Waals surface area (Å²) in [6, 6.07) is 0.114. The van der Waals surface area contributed by atoms with Gasteiger partial charge in [-0.1, -0.05) is 101 Å². The van der Waals surface area contributed by atoms with Crippen LogP contribution >= 0.6 is 32.9 Å². The van der Waals surface area contributed by atoms with E-state index in [1.807, 2.05) is 39.6 Å². The lowest BCUT2D eigenvalue weighted by Crippen LogP contribution is -2.59. The van der Waals surface area contributed by atoms with Gasteiger partial charge in [0.15, 0.2) is 0 Å². The smallest absolute Gasteiger partial charge is 0.426 e. The second-order valence-corrected chi connectivity index (χ2v) is 27.2. The number of carboxylic acid groups (broad SMARTS) is 1. The molecule has 1 aliphatic heterocycles. The number of methoxy groups -OCH3 is 1. The summed E-state index contributed by atoms with van der Waals surface area (Å²) in [6.45, 7) is 12.9. The number of primary amides is 1. The molecule has 10 atom stereocenters. The molecule has 9 amide bonds. The van der Waals surface area contributed by atoms with E-state index in [9.17, 15) is 67.7 Å². The number of rotatable bonds is 46. The monoisotopic (exact) mass is 1380 g/mol. The summed E-state index contributed by atoms with van der Waals surface area (Å²) in [5, 5.41) is 34.7. The molecule has 94 heavy (non-hydrogen) atoms. The molecule has 1 aromatic carbocycles. The predicted molar refractivity (Wildman–Crippen MR) is 355 cm³/mol. The van der Waals surface area contributed by atoms with E-state index in [0.717, 1.165) is 44.2 Å². The minimum absolute atomic E-state index is 0.00269. The van der Waals surface area contributed by atoms with Crippen LogP contribution in [0, 0.1) is 17.8 Å². The van der Waals surface area contributed by atoms with E-state index in [2.05, 4.69) is 44.4 Å². The van der Waals surface area contributed by atoms with E-state index in [-0.39, 0.29) is 111 Å². The number of phenolic OH excluding ortho intramolecular Hbond substituents is 1. The van der Waals surface area contributed by atoms with Gasteiger partial charge in [0.2, 0.25) is 41.4 Å². The first-order chi connectivity index (χ1) is 44.9. The van der Waals surface area contributed by atoms with Crippen LogP contribution < -0.4 is 43.2 Å². The molecule has 0 saturated carbocycles. The topological polar surface area (TPSA) is 403 Å². The van der Waals surface area contributed by atoms with Crippen molar-refractivity contribution in [1.82, 2.24) is 52.2 Å². The summed E-state index contributed by atoms with van der Waals surface area (Å²) in [4.78, 5) is 162. The Balaban J connectivity index is 1.61. The van der Waals surface area contributed by atoms with Crippen molar-refractivity contribution in [3.8, 4) is 5.75 Å². The van der Waals surface area contributed by atoms with Crippen molar-refractivity contribution in [1.29, 1.82) is 0 Å². The molecule has 1 aliphatic rings. The Kier molecular flexibility index (Phi) is 38.6. The number of ether oxygens (including phenoxy) is 3. The maximum Gasteiger partial charge on any atom is 0.426 e. The number of nitrogens with zero attached hydrogens (tertiary/aromatic N) is 3. The number of aliphatic carboxylic acids is 1. The van der Waals surface area contributed by atoms with Gasteiger partial charge in [-0.3, -0.25) is 53.5 Å². The van der Waals surface area contributed by atoms with Crippen LogP contribution in [0.1, 0.15) is 171 Å². The van der Waals surface area contributed by atoms with Crippen LogP contribution in [0.15, 0.2) is 29.6 Å². The van der Waals surface area contributed by atoms with Crippen molar-refractivity contribution in [3.05, 3.63) is 45.9 Å². The van der Waals surface area contributed by atoms with Gasteiger partial charge in [-0.25, -0.2) is 15.2 Å². The lowest BCUT2D eigenvalue weighted by molar-refractivity contribution is -0.149. The van der Waals surface area contributed by atoms with Crippen molar-refractivity contribution in [2.75, 3.05) is 52.2 Å². The quantitative estimate of drug-likeness (QED) is 0.0142. The average molecular weight is 1380 g/mol. The molecular weight excluding hydrogens is 1280 g/mol. The van der Waals surface area contributed by atoms with Gasteiger partial charge in [-0.2, -0.15) is 0 Å². The lowest BCUT2D eigenvalue weighted by Gasteiger charge is -2.40. The Morgan fingerprint density at radius 3 is 2.09 bits per heavy atom. The molecule has 0 radical (unpaired) electrons. The number of benzene rings is 1. The number of phenols is 1. The van der Waals surface area contributed by atoms with Crippen LogP contribution in [0.5, 0.6) is 5.75 Å². The number of carbonyl (C=O) groups excluding carboxylic acids is 11. The number of amides is 9. The zero-order valence-electron chi connectivity index (χ0n) is 55.3. The summed E-state index contributed by atoms with van der Waals surface area (Å²) in [6.07, 6.45) is 4.54. The van der Waals surface area contributed by atoms with Crippen LogP contribution in [-0.4, -0.2) is 191 Å². The largest absolute Gasteiger partial charge is 0.508 e. The van der Waals surface area contributed by atoms with Crippen LogP contribution in [0.3, 0.4) is 0 Å². The molecule has 1 saturated heterocycles. The zero-order valence-corrected chi connectivity index (χ0v) is 57.8. The van der Waals surface area contributed by atoms with Gasteiger partial charge in [0.25, 0.3) is 5.91 Å². The number of piperidine rings is 1. The Morgan fingerprint density at radius 1 is 0.809 bits per heavy atom.